The van der Waals surface area contributed by atoms with Gasteiger partial charge in [0.1, 0.15) is 23.9 Å². The van der Waals surface area contributed by atoms with Crippen LogP contribution in [0.1, 0.15) is 18.7 Å². The second kappa shape index (κ2) is 10.6. The largest absolute Gasteiger partial charge is 0.497 e. The summed E-state index contributed by atoms with van der Waals surface area (Å²) in [7, 11) is 3.31. The van der Waals surface area contributed by atoms with E-state index in [-0.39, 0.29) is 0 Å². The Labute approximate surface area is 188 Å². The summed E-state index contributed by atoms with van der Waals surface area (Å²) in [6, 6.07) is 23.5. The van der Waals surface area contributed by atoms with Gasteiger partial charge in [-0.1, -0.05) is 24.3 Å². The van der Waals surface area contributed by atoms with Crippen LogP contribution in [0.15, 0.2) is 72.8 Å². The van der Waals surface area contributed by atoms with E-state index in [9.17, 15) is 0 Å². The minimum absolute atomic E-state index is 0.402. The molecule has 3 aromatic carbocycles. The molecule has 0 saturated carbocycles. The van der Waals surface area contributed by atoms with E-state index in [0.29, 0.717) is 13.2 Å². The molecule has 0 radical (unpaired) electrons. The number of hydrogen-bond donors (Lipinski definition) is 0. The molecular formula is C26H28N2O4. The van der Waals surface area contributed by atoms with Crippen LogP contribution in [0.3, 0.4) is 0 Å². The Morgan fingerprint density at radius 3 is 2.22 bits per heavy atom. The summed E-state index contributed by atoms with van der Waals surface area (Å²) < 4.78 is 24.7. The molecule has 0 spiro atoms. The Bertz CT molecular complexity index is 1140. The third-order valence-corrected chi connectivity index (χ3v) is 5.26. The zero-order valence-corrected chi connectivity index (χ0v) is 18.5. The molecule has 0 fully saturated rings. The summed E-state index contributed by atoms with van der Waals surface area (Å²) in [6.45, 7) is 1.88. The first-order valence-corrected chi connectivity index (χ1v) is 10.8. The molecule has 0 N–H and O–H groups in total. The third kappa shape index (κ3) is 5.14. The van der Waals surface area contributed by atoms with Crippen LogP contribution in [-0.2, 0) is 13.2 Å². The number of imidazole rings is 1. The first-order chi connectivity index (χ1) is 15.8. The molecule has 0 atom stereocenters. The number of methoxy groups -OCH3 is 2. The lowest BCUT2D eigenvalue weighted by molar-refractivity contribution is 0.278. The lowest BCUT2D eigenvalue weighted by Gasteiger charge is -2.12. The van der Waals surface area contributed by atoms with Crippen LogP contribution in [0, 0.1) is 0 Å². The molecule has 1 heterocycles. The number of ether oxygens (including phenoxy) is 4. The van der Waals surface area contributed by atoms with E-state index >= 15 is 0 Å². The van der Waals surface area contributed by atoms with Gasteiger partial charge in [0.15, 0.2) is 11.5 Å². The van der Waals surface area contributed by atoms with Crippen molar-refractivity contribution in [1.82, 2.24) is 9.55 Å². The van der Waals surface area contributed by atoms with Gasteiger partial charge in [0.25, 0.3) is 0 Å². The topological polar surface area (TPSA) is 54.7 Å². The average molecular weight is 433 g/mol. The summed E-state index contributed by atoms with van der Waals surface area (Å²) >= 11 is 0. The van der Waals surface area contributed by atoms with E-state index in [1.54, 1.807) is 14.2 Å². The summed E-state index contributed by atoms with van der Waals surface area (Å²) in [5.41, 5.74) is 2.09. The van der Waals surface area contributed by atoms with Crippen molar-refractivity contribution in [2.24, 2.45) is 0 Å². The van der Waals surface area contributed by atoms with Crippen LogP contribution < -0.4 is 18.9 Å². The lowest BCUT2D eigenvalue weighted by atomic mass is 10.3. The molecule has 0 aliphatic heterocycles. The predicted molar refractivity (Wildman–Crippen MR) is 125 cm³/mol. The minimum atomic E-state index is 0.402. The van der Waals surface area contributed by atoms with Crippen molar-refractivity contribution < 1.29 is 18.9 Å². The number of hydrogen-bond acceptors (Lipinski definition) is 5. The number of para-hydroxylation sites is 4. The van der Waals surface area contributed by atoms with Crippen LogP contribution in [0.25, 0.3) is 11.0 Å². The van der Waals surface area contributed by atoms with Crippen molar-refractivity contribution >= 4 is 11.0 Å². The van der Waals surface area contributed by atoms with E-state index in [0.717, 1.165) is 59.2 Å². The van der Waals surface area contributed by atoms with Crippen molar-refractivity contribution in [2.45, 2.75) is 26.0 Å². The van der Waals surface area contributed by atoms with Gasteiger partial charge in [-0.25, -0.2) is 4.98 Å². The monoisotopic (exact) mass is 432 g/mol. The fraction of sp³-hybridized carbons (Fsp3) is 0.269. The van der Waals surface area contributed by atoms with Gasteiger partial charge in [-0.05, 0) is 61.4 Å². The van der Waals surface area contributed by atoms with Crippen LogP contribution in [0.2, 0.25) is 0 Å². The van der Waals surface area contributed by atoms with Gasteiger partial charge >= 0.3 is 0 Å². The molecule has 166 valence electrons. The molecule has 0 saturated heterocycles. The maximum atomic E-state index is 6.00. The Balaban J connectivity index is 1.37. The maximum absolute atomic E-state index is 6.00. The van der Waals surface area contributed by atoms with Crippen LogP contribution in [0.5, 0.6) is 23.0 Å². The smallest absolute Gasteiger partial charge is 0.161 e. The number of aryl methyl sites for hydroxylation is 1. The fourth-order valence-corrected chi connectivity index (χ4v) is 3.60. The van der Waals surface area contributed by atoms with Crippen LogP contribution in [0.4, 0.5) is 0 Å². The minimum Gasteiger partial charge on any atom is -0.497 e. The molecule has 0 amide bonds. The molecule has 32 heavy (non-hydrogen) atoms. The number of benzene rings is 3. The number of fused-ring (bicyclic) bond motifs is 1. The summed E-state index contributed by atoms with van der Waals surface area (Å²) in [6.07, 6.45) is 1.88. The zero-order valence-electron chi connectivity index (χ0n) is 18.5. The third-order valence-electron chi connectivity index (χ3n) is 5.26. The number of unbranched alkanes of at least 4 members (excludes halogenated alkanes) is 1. The van der Waals surface area contributed by atoms with E-state index in [2.05, 4.69) is 10.6 Å². The van der Waals surface area contributed by atoms with Crippen molar-refractivity contribution in [3.8, 4) is 23.0 Å². The first-order valence-electron chi connectivity index (χ1n) is 10.8. The van der Waals surface area contributed by atoms with Crippen molar-refractivity contribution in [1.29, 1.82) is 0 Å². The Morgan fingerprint density at radius 2 is 1.44 bits per heavy atom. The lowest BCUT2D eigenvalue weighted by Crippen LogP contribution is -2.09. The van der Waals surface area contributed by atoms with Crippen LogP contribution in [-0.4, -0.2) is 30.4 Å². The van der Waals surface area contributed by atoms with Gasteiger partial charge in [0, 0.05) is 6.54 Å². The highest BCUT2D eigenvalue weighted by atomic mass is 16.5. The van der Waals surface area contributed by atoms with Gasteiger partial charge in [0.05, 0.1) is 31.9 Å². The van der Waals surface area contributed by atoms with Crippen molar-refractivity contribution in [3.05, 3.63) is 78.6 Å². The molecule has 0 aliphatic rings. The van der Waals surface area contributed by atoms with E-state index in [4.69, 9.17) is 23.9 Å². The molecule has 0 unspecified atom stereocenters. The Kier molecular flexibility index (Phi) is 7.12. The normalized spacial score (nSPS) is 10.8. The van der Waals surface area contributed by atoms with E-state index in [1.165, 1.54) is 0 Å². The highest BCUT2D eigenvalue weighted by molar-refractivity contribution is 5.75. The number of rotatable bonds is 11. The molecule has 4 aromatic rings. The highest BCUT2D eigenvalue weighted by Gasteiger charge is 2.11. The number of aromatic nitrogens is 2. The van der Waals surface area contributed by atoms with Crippen LogP contribution >= 0.6 is 0 Å². The van der Waals surface area contributed by atoms with Crippen molar-refractivity contribution in [2.75, 3.05) is 20.8 Å². The molecular weight excluding hydrogens is 404 g/mol. The van der Waals surface area contributed by atoms with Gasteiger partial charge < -0.3 is 23.5 Å². The standard InChI is InChI=1S/C26H28N2O4/c1-29-20-13-15-21(16-14-20)32-19-26-27-22-9-3-4-10-23(22)28(26)17-7-8-18-31-25-12-6-5-11-24(25)30-2/h3-6,9-16H,7-8,17-19H2,1-2H3. The molecule has 0 aliphatic carbocycles. The molecule has 0 bridgehead atoms. The average Bonchev–Trinajstić information content (AvgIpc) is 3.20. The van der Waals surface area contributed by atoms with Gasteiger partial charge in [-0.3, -0.25) is 0 Å². The van der Waals surface area contributed by atoms with Gasteiger partial charge in [-0.2, -0.15) is 0 Å². The van der Waals surface area contributed by atoms with Gasteiger partial charge in [-0.15, -0.1) is 0 Å². The summed E-state index contributed by atoms with van der Waals surface area (Å²) in [5, 5.41) is 0. The Hall–Kier alpha value is -3.67. The zero-order chi connectivity index (χ0) is 22.2. The quantitative estimate of drug-likeness (QED) is 0.293. The van der Waals surface area contributed by atoms with E-state index < -0.39 is 0 Å². The maximum Gasteiger partial charge on any atom is 0.161 e. The summed E-state index contributed by atoms with van der Waals surface area (Å²) in [5.74, 6) is 4.03. The van der Waals surface area contributed by atoms with Gasteiger partial charge in [0.2, 0.25) is 0 Å². The molecule has 6 heteroatoms. The second-order valence-corrected chi connectivity index (χ2v) is 7.34. The van der Waals surface area contributed by atoms with Crippen molar-refractivity contribution in [3.63, 3.8) is 0 Å². The van der Waals surface area contributed by atoms with E-state index in [1.807, 2.05) is 66.7 Å². The highest BCUT2D eigenvalue weighted by Crippen LogP contribution is 2.26. The Morgan fingerprint density at radius 1 is 0.719 bits per heavy atom. The molecule has 4 rings (SSSR count). The number of nitrogens with zero attached hydrogens (tertiary/aromatic N) is 2. The predicted octanol–water partition coefficient (Wildman–Crippen LogP) is 5.49. The fourth-order valence-electron chi connectivity index (χ4n) is 3.60. The molecule has 6 nitrogen and oxygen atoms in total. The SMILES string of the molecule is COc1ccc(OCc2nc3ccccc3n2CCCCOc2ccccc2OC)cc1. The molecule has 1 aromatic heterocycles. The second-order valence-electron chi connectivity index (χ2n) is 7.34. The summed E-state index contributed by atoms with van der Waals surface area (Å²) in [4.78, 5) is 4.80. The first kappa shape index (κ1) is 21.6.